The Kier molecular flexibility index (Phi) is 5.35. The van der Waals surface area contributed by atoms with Crippen LogP contribution < -0.4 is 4.90 Å². The summed E-state index contributed by atoms with van der Waals surface area (Å²) < 4.78 is 0. The van der Waals surface area contributed by atoms with Crippen LogP contribution >= 0.6 is 11.6 Å². The Morgan fingerprint density at radius 1 is 1.35 bits per heavy atom. The molecule has 0 aliphatic heterocycles. The summed E-state index contributed by atoms with van der Waals surface area (Å²) in [5.41, 5.74) is 0.707. The highest BCUT2D eigenvalue weighted by Crippen LogP contribution is 2.28. The SMILES string of the molecule is CCN(CC(C)C#N)c1nc(C(C)(C)C)nc(Cl)c1C. The van der Waals surface area contributed by atoms with E-state index >= 15 is 0 Å². The van der Waals surface area contributed by atoms with Crippen LogP contribution in [0.2, 0.25) is 5.15 Å². The molecule has 0 bridgehead atoms. The molecular weight excluding hydrogens is 272 g/mol. The number of nitrogens with zero attached hydrogens (tertiary/aromatic N) is 4. The summed E-state index contributed by atoms with van der Waals surface area (Å²) >= 11 is 6.25. The first-order valence-corrected chi connectivity index (χ1v) is 7.27. The van der Waals surface area contributed by atoms with Crippen LogP contribution in [0.5, 0.6) is 0 Å². The Labute approximate surface area is 126 Å². The Morgan fingerprint density at radius 3 is 2.40 bits per heavy atom. The van der Waals surface area contributed by atoms with Gasteiger partial charge in [-0.1, -0.05) is 32.4 Å². The Balaban J connectivity index is 3.28. The molecule has 0 saturated heterocycles. The molecule has 1 heterocycles. The maximum Gasteiger partial charge on any atom is 0.137 e. The summed E-state index contributed by atoms with van der Waals surface area (Å²) in [6.07, 6.45) is 0. The molecule has 0 saturated carbocycles. The first-order chi connectivity index (χ1) is 9.20. The molecule has 0 aliphatic carbocycles. The highest BCUT2D eigenvalue weighted by atomic mass is 35.5. The van der Waals surface area contributed by atoms with E-state index in [4.69, 9.17) is 16.9 Å². The van der Waals surface area contributed by atoms with Gasteiger partial charge in [-0.3, -0.25) is 0 Å². The van der Waals surface area contributed by atoms with Gasteiger partial charge in [-0.15, -0.1) is 0 Å². The molecule has 0 spiro atoms. The van der Waals surface area contributed by atoms with Crippen molar-refractivity contribution in [1.29, 1.82) is 5.26 Å². The second-order valence-electron chi connectivity index (χ2n) is 6.11. The van der Waals surface area contributed by atoms with E-state index in [-0.39, 0.29) is 11.3 Å². The number of nitriles is 1. The highest BCUT2D eigenvalue weighted by Gasteiger charge is 2.23. The lowest BCUT2D eigenvalue weighted by atomic mass is 9.95. The lowest BCUT2D eigenvalue weighted by Gasteiger charge is -2.27. The lowest BCUT2D eigenvalue weighted by Crippen LogP contribution is -2.30. The minimum atomic E-state index is -0.160. The third kappa shape index (κ3) is 3.83. The highest BCUT2D eigenvalue weighted by molar-refractivity contribution is 6.30. The molecule has 20 heavy (non-hydrogen) atoms. The van der Waals surface area contributed by atoms with Crippen LogP contribution in [0.15, 0.2) is 0 Å². The lowest BCUT2D eigenvalue weighted by molar-refractivity contribution is 0.542. The standard InChI is InChI=1S/C15H23ClN4/c1-7-20(9-10(2)8-17)13-11(3)12(16)18-14(19-13)15(4,5)6/h10H,7,9H2,1-6H3. The third-order valence-electron chi connectivity index (χ3n) is 3.13. The van der Waals surface area contributed by atoms with Gasteiger partial charge in [0.2, 0.25) is 0 Å². The van der Waals surface area contributed by atoms with E-state index in [1.165, 1.54) is 0 Å². The maximum absolute atomic E-state index is 9.00. The van der Waals surface area contributed by atoms with Crippen LogP contribution in [0.4, 0.5) is 5.82 Å². The topological polar surface area (TPSA) is 52.8 Å². The molecule has 1 rings (SSSR count). The molecule has 4 nitrogen and oxygen atoms in total. The summed E-state index contributed by atoms with van der Waals surface area (Å²) in [5, 5.41) is 9.49. The fourth-order valence-corrected chi connectivity index (χ4v) is 2.02. The van der Waals surface area contributed by atoms with Gasteiger partial charge in [-0.05, 0) is 20.8 Å². The van der Waals surface area contributed by atoms with Crippen LogP contribution in [-0.4, -0.2) is 23.1 Å². The molecule has 0 aromatic carbocycles. The number of anilines is 1. The van der Waals surface area contributed by atoms with Gasteiger partial charge in [0.15, 0.2) is 0 Å². The molecule has 110 valence electrons. The van der Waals surface area contributed by atoms with Gasteiger partial charge < -0.3 is 4.90 Å². The van der Waals surface area contributed by atoms with E-state index in [1.807, 2.05) is 13.8 Å². The first-order valence-electron chi connectivity index (χ1n) is 6.89. The average molecular weight is 295 g/mol. The second-order valence-corrected chi connectivity index (χ2v) is 6.46. The second kappa shape index (κ2) is 6.41. The van der Waals surface area contributed by atoms with E-state index in [0.29, 0.717) is 11.7 Å². The summed E-state index contributed by atoms with van der Waals surface area (Å²) in [4.78, 5) is 11.2. The predicted octanol–water partition coefficient (Wildman–Crippen LogP) is 3.72. The molecule has 0 radical (unpaired) electrons. The molecule has 0 amide bonds. The summed E-state index contributed by atoms with van der Waals surface area (Å²) in [6.45, 7) is 13.5. The van der Waals surface area contributed by atoms with Gasteiger partial charge >= 0.3 is 0 Å². The van der Waals surface area contributed by atoms with Crippen LogP contribution in [-0.2, 0) is 5.41 Å². The normalized spacial score (nSPS) is 12.9. The van der Waals surface area contributed by atoms with Gasteiger partial charge in [0.05, 0.1) is 12.0 Å². The smallest absolute Gasteiger partial charge is 0.137 e. The fourth-order valence-electron chi connectivity index (χ4n) is 1.86. The minimum Gasteiger partial charge on any atom is -0.355 e. The van der Waals surface area contributed by atoms with Crippen molar-refractivity contribution >= 4 is 17.4 Å². The summed E-state index contributed by atoms with van der Waals surface area (Å²) in [5.74, 6) is 1.51. The zero-order valence-corrected chi connectivity index (χ0v) is 13.9. The van der Waals surface area contributed by atoms with Crippen molar-refractivity contribution < 1.29 is 0 Å². The minimum absolute atomic E-state index is 0.0545. The van der Waals surface area contributed by atoms with E-state index in [2.05, 4.69) is 48.6 Å². The molecule has 1 unspecified atom stereocenters. The molecule has 0 fully saturated rings. The molecule has 5 heteroatoms. The largest absolute Gasteiger partial charge is 0.355 e. The number of hydrogen-bond donors (Lipinski definition) is 0. The zero-order chi connectivity index (χ0) is 15.5. The van der Waals surface area contributed by atoms with E-state index in [0.717, 1.165) is 23.8 Å². The predicted molar refractivity (Wildman–Crippen MR) is 83.1 cm³/mol. The van der Waals surface area contributed by atoms with Crippen molar-refractivity contribution in [1.82, 2.24) is 9.97 Å². The van der Waals surface area contributed by atoms with Crippen molar-refractivity contribution in [3.63, 3.8) is 0 Å². The van der Waals surface area contributed by atoms with Gasteiger partial charge in [0.25, 0.3) is 0 Å². The van der Waals surface area contributed by atoms with Crippen molar-refractivity contribution in [3.8, 4) is 6.07 Å². The van der Waals surface area contributed by atoms with E-state index in [9.17, 15) is 0 Å². The Hall–Kier alpha value is -1.34. The quantitative estimate of drug-likeness (QED) is 0.794. The number of hydrogen-bond acceptors (Lipinski definition) is 4. The van der Waals surface area contributed by atoms with Crippen LogP contribution in [0.25, 0.3) is 0 Å². The Bertz CT molecular complexity index is 514. The number of aromatic nitrogens is 2. The average Bonchev–Trinajstić information content (AvgIpc) is 2.37. The molecule has 0 N–H and O–H groups in total. The van der Waals surface area contributed by atoms with Crippen molar-refractivity contribution in [3.05, 3.63) is 16.5 Å². The Morgan fingerprint density at radius 2 is 1.95 bits per heavy atom. The van der Waals surface area contributed by atoms with Crippen LogP contribution in [0.3, 0.4) is 0 Å². The number of rotatable bonds is 4. The van der Waals surface area contributed by atoms with Gasteiger partial charge in [-0.2, -0.15) is 5.26 Å². The summed E-state index contributed by atoms with van der Waals surface area (Å²) in [7, 11) is 0. The van der Waals surface area contributed by atoms with Crippen molar-refractivity contribution in [2.24, 2.45) is 5.92 Å². The van der Waals surface area contributed by atoms with Gasteiger partial charge in [0.1, 0.15) is 16.8 Å². The third-order valence-corrected chi connectivity index (χ3v) is 3.50. The van der Waals surface area contributed by atoms with E-state index < -0.39 is 0 Å². The van der Waals surface area contributed by atoms with Crippen molar-refractivity contribution in [2.75, 3.05) is 18.0 Å². The monoisotopic (exact) mass is 294 g/mol. The number of halogens is 1. The van der Waals surface area contributed by atoms with Gasteiger partial charge in [-0.25, -0.2) is 9.97 Å². The molecule has 1 atom stereocenters. The fraction of sp³-hybridized carbons (Fsp3) is 0.667. The molecule has 0 aliphatic rings. The molecular formula is C15H23ClN4. The zero-order valence-electron chi connectivity index (χ0n) is 13.2. The van der Waals surface area contributed by atoms with Gasteiger partial charge in [0, 0.05) is 24.1 Å². The maximum atomic E-state index is 9.00. The molecule has 1 aromatic rings. The van der Waals surface area contributed by atoms with Crippen LogP contribution in [0.1, 0.15) is 46.0 Å². The first kappa shape index (κ1) is 16.7. The summed E-state index contributed by atoms with van der Waals surface area (Å²) in [6, 6.07) is 2.26. The van der Waals surface area contributed by atoms with Crippen LogP contribution in [0, 0.1) is 24.2 Å². The van der Waals surface area contributed by atoms with Crippen molar-refractivity contribution in [2.45, 2.75) is 47.0 Å². The van der Waals surface area contributed by atoms with E-state index in [1.54, 1.807) is 0 Å². The molecule has 1 aromatic heterocycles.